The number of hydrogen-bond acceptors (Lipinski definition) is 5. The topological polar surface area (TPSA) is 65.4 Å². The standard InChI is InChI=1S/C24H29N3O3S/c1-24(2,3)18-5-9-21(10-6-18)30-16-14-25-22(28)17-31-23-26-13-15-27(23)19-7-11-20(29-4)12-8-19/h5-13,15H,14,16-17H2,1-4H3,(H,25,28). The summed E-state index contributed by atoms with van der Waals surface area (Å²) >= 11 is 1.39. The molecule has 1 amide bonds. The molecule has 6 nitrogen and oxygen atoms in total. The van der Waals surface area contributed by atoms with Gasteiger partial charge in [-0.1, -0.05) is 44.7 Å². The van der Waals surface area contributed by atoms with E-state index in [4.69, 9.17) is 9.47 Å². The number of methoxy groups -OCH3 is 1. The molecule has 0 aliphatic heterocycles. The lowest BCUT2D eigenvalue weighted by molar-refractivity contribution is -0.118. The molecule has 7 heteroatoms. The Morgan fingerprint density at radius 3 is 2.39 bits per heavy atom. The van der Waals surface area contributed by atoms with Crippen LogP contribution in [-0.4, -0.2) is 41.5 Å². The highest BCUT2D eigenvalue weighted by Gasteiger charge is 2.13. The van der Waals surface area contributed by atoms with Gasteiger partial charge in [0.2, 0.25) is 5.91 Å². The average molecular weight is 440 g/mol. The Hall–Kier alpha value is -2.93. The van der Waals surface area contributed by atoms with E-state index >= 15 is 0 Å². The van der Waals surface area contributed by atoms with E-state index in [9.17, 15) is 4.79 Å². The van der Waals surface area contributed by atoms with Gasteiger partial charge in [-0.3, -0.25) is 9.36 Å². The van der Waals surface area contributed by atoms with E-state index in [1.807, 2.05) is 47.2 Å². The van der Waals surface area contributed by atoms with Crippen LogP contribution in [-0.2, 0) is 10.2 Å². The molecule has 2 aromatic carbocycles. The molecule has 0 radical (unpaired) electrons. The molecular formula is C24H29N3O3S. The predicted molar refractivity (Wildman–Crippen MR) is 124 cm³/mol. The Balaban J connectivity index is 1.41. The van der Waals surface area contributed by atoms with Crippen molar-refractivity contribution < 1.29 is 14.3 Å². The number of benzene rings is 2. The van der Waals surface area contributed by atoms with Crippen molar-refractivity contribution >= 4 is 17.7 Å². The first-order valence-electron chi connectivity index (χ1n) is 10.2. The fraction of sp³-hybridized carbons (Fsp3) is 0.333. The first-order valence-corrected chi connectivity index (χ1v) is 11.2. The summed E-state index contributed by atoms with van der Waals surface area (Å²) < 4.78 is 12.9. The van der Waals surface area contributed by atoms with Crippen molar-refractivity contribution in [1.82, 2.24) is 14.9 Å². The maximum Gasteiger partial charge on any atom is 0.230 e. The Bertz CT molecular complexity index is 977. The first kappa shape index (κ1) is 22.7. The van der Waals surface area contributed by atoms with Crippen molar-refractivity contribution in [2.75, 3.05) is 26.0 Å². The minimum atomic E-state index is -0.0547. The second-order valence-electron chi connectivity index (χ2n) is 8.04. The number of amides is 1. The van der Waals surface area contributed by atoms with Gasteiger partial charge in [0.1, 0.15) is 18.1 Å². The molecule has 164 valence electrons. The van der Waals surface area contributed by atoms with Crippen LogP contribution in [0.25, 0.3) is 5.69 Å². The number of nitrogens with zero attached hydrogens (tertiary/aromatic N) is 2. The molecule has 0 saturated heterocycles. The number of imidazole rings is 1. The second-order valence-corrected chi connectivity index (χ2v) is 8.98. The fourth-order valence-electron chi connectivity index (χ4n) is 2.93. The van der Waals surface area contributed by atoms with E-state index in [0.717, 1.165) is 22.3 Å². The van der Waals surface area contributed by atoms with Crippen LogP contribution in [0.4, 0.5) is 0 Å². The molecule has 0 spiro atoms. The molecule has 31 heavy (non-hydrogen) atoms. The van der Waals surface area contributed by atoms with Crippen LogP contribution in [0.5, 0.6) is 11.5 Å². The van der Waals surface area contributed by atoms with Crippen LogP contribution in [0, 0.1) is 0 Å². The monoisotopic (exact) mass is 439 g/mol. The molecule has 0 unspecified atom stereocenters. The van der Waals surface area contributed by atoms with Crippen molar-refractivity contribution in [1.29, 1.82) is 0 Å². The van der Waals surface area contributed by atoms with Crippen LogP contribution >= 0.6 is 11.8 Å². The maximum absolute atomic E-state index is 12.2. The second kappa shape index (κ2) is 10.4. The van der Waals surface area contributed by atoms with Gasteiger partial charge in [0.15, 0.2) is 5.16 Å². The van der Waals surface area contributed by atoms with Crippen LogP contribution in [0.2, 0.25) is 0 Å². The van der Waals surface area contributed by atoms with E-state index in [-0.39, 0.29) is 17.1 Å². The van der Waals surface area contributed by atoms with Crippen molar-refractivity contribution in [3.05, 3.63) is 66.5 Å². The summed E-state index contributed by atoms with van der Waals surface area (Å²) in [5, 5.41) is 3.65. The van der Waals surface area contributed by atoms with Gasteiger partial charge in [0.25, 0.3) is 0 Å². The lowest BCUT2D eigenvalue weighted by atomic mass is 9.87. The van der Waals surface area contributed by atoms with Gasteiger partial charge in [0, 0.05) is 18.1 Å². The van der Waals surface area contributed by atoms with Gasteiger partial charge in [-0.05, 0) is 47.4 Å². The summed E-state index contributed by atoms with van der Waals surface area (Å²) in [4.78, 5) is 16.6. The molecule has 0 aliphatic carbocycles. The summed E-state index contributed by atoms with van der Waals surface area (Å²) in [6.45, 7) is 7.42. The van der Waals surface area contributed by atoms with E-state index in [1.165, 1.54) is 17.3 Å². The smallest absolute Gasteiger partial charge is 0.230 e. The van der Waals surface area contributed by atoms with Crippen molar-refractivity contribution in [2.45, 2.75) is 31.3 Å². The lowest BCUT2D eigenvalue weighted by Gasteiger charge is -2.19. The molecule has 0 atom stereocenters. The minimum Gasteiger partial charge on any atom is -0.497 e. The Kier molecular flexibility index (Phi) is 7.63. The molecule has 3 rings (SSSR count). The average Bonchev–Trinajstić information content (AvgIpc) is 3.24. The number of carbonyl (C=O) groups excluding carboxylic acids is 1. The van der Waals surface area contributed by atoms with Gasteiger partial charge >= 0.3 is 0 Å². The van der Waals surface area contributed by atoms with E-state index in [2.05, 4.69) is 43.2 Å². The highest BCUT2D eigenvalue weighted by molar-refractivity contribution is 7.99. The number of nitrogens with one attached hydrogen (secondary N) is 1. The number of carbonyl (C=O) groups is 1. The van der Waals surface area contributed by atoms with Gasteiger partial charge in [0.05, 0.1) is 19.4 Å². The van der Waals surface area contributed by atoms with Crippen LogP contribution in [0.1, 0.15) is 26.3 Å². The summed E-state index contributed by atoms with van der Waals surface area (Å²) in [6, 6.07) is 15.8. The zero-order valence-corrected chi connectivity index (χ0v) is 19.2. The molecule has 0 aliphatic rings. The van der Waals surface area contributed by atoms with Crippen molar-refractivity contribution in [2.24, 2.45) is 0 Å². The first-order chi connectivity index (χ1) is 14.9. The highest BCUT2D eigenvalue weighted by Crippen LogP contribution is 2.24. The van der Waals surface area contributed by atoms with Crippen molar-refractivity contribution in [3.8, 4) is 17.2 Å². The van der Waals surface area contributed by atoms with E-state index < -0.39 is 0 Å². The molecule has 0 fully saturated rings. The SMILES string of the molecule is COc1ccc(-n2ccnc2SCC(=O)NCCOc2ccc(C(C)(C)C)cc2)cc1. The number of hydrogen-bond donors (Lipinski definition) is 1. The molecular weight excluding hydrogens is 410 g/mol. The number of ether oxygens (including phenoxy) is 2. The molecule has 0 bridgehead atoms. The van der Waals surface area contributed by atoms with E-state index in [0.29, 0.717) is 13.2 Å². The largest absolute Gasteiger partial charge is 0.497 e. The van der Waals surface area contributed by atoms with Gasteiger partial charge in [-0.15, -0.1) is 0 Å². The third-order valence-corrected chi connectivity index (χ3v) is 5.67. The quantitative estimate of drug-likeness (QED) is 0.394. The Morgan fingerprint density at radius 1 is 1.06 bits per heavy atom. The fourth-order valence-corrected chi connectivity index (χ4v) is 3.73. The normalized spacial score (nSPS) is 11.2. The van der Waals surface area contributed by atoms with E-state index in [1.54, 1.807) is 13.3 Å². The lowest BCUT2D eigenvalue weighted by Crippen LogP contribution is -2.29. The summed E-state index contributed by atoms with van der Waals surface area (Å²) in [5.74, 6) is 1.83. The summed E-state index contributed by atoms with van der Waals surface area (Å²) in [7, 11) is 1.64. The zero-order valence-electron chi connectivity index (χ0n) is 18.4. The molecule has 1 heterocycles. The highest BCUT2D eigenvalue weighted by atomic mass is 32.2. The number of aromatic nitrogens is 2. The van der Waals surface area contributed by atoms with Gasteiger partial charge in [-0.2, -0.15) is 0 Å². The molecule has 3 aromatic rings. The Morgan fingerprint density at radius 2 is 1.74 bits per heavy atom. The minimum absolute atomic E-state index is 0.0547. The van der Waals surface area contributed by atoms with Crippen LogP contribution < -0.4 is 14.8 Å². The summed E-state index contributed by atoms with van der Waals surface area (Å²) in [5.41, 5.74) is 2.34. The zero-order chi connectivity index (χ0) is 22.3. The number of thioether (sulfide) groups is 1. The van der Waals surface area contributed by atoms with Crippen LogP contribution in [0.3, 0.4) is 0 Å². The maximum atomic E-state index is 12.2. The molecule has 0 saturated carbocycles. The third-order valence-electron chi connectivity index (χ3n) is 4.70. The Labute approximate surface area is 188 Å². The molecule has 1 N–H and O–H groups in total. The molecule has 1 aromatic heterocycles. The van der Waals surface area contributed by atoms with Gasteiger partial charge in [-0.25, -0.2) is 4.98 Å². The van der Waals surface area contributed by atoms with Gasteiger partial charge < -0.3 is 14.8 Å². The predicted octanol–water partition coefficient (Wildman–Crippen LogP) is 4.47. The summed E-state index contributed by atoms with van der Waals surface area (Å²) in [6.07, 6.45) is 3.60. The third kappa shape index (κ3) is 6.52. The van der Waals surface area contributed by atoms with Crippen molar-refractivity contribution in [3.63, 3.8) is 0 Å². The van der Waals surface area contributed by atoms with Crippen LogP contribution in [0.15, 0.2) is 66.1 Å². The number of rotatable bonds is 9.